The van der Waals surface area contributed by atoms with Gasteiger partial charge >= 0.3 is 11.6 Å². The van der Waals surface area contributed by atoms with Crippen molar-refractivity contribution in [2.24, 2.45) is 0 Å². The lowest BCUT2D eigenvalue weighted by Gasteiger charge is -2.11. The van der Waals surface area contributed by atoms with Crippen LogP contribution in [0.4, 0.5) is 0 Å². The second-order valence-corrected chi connectivity index (χ2v) is 11.4. The second-order valence-electron chi connectivity index (χ2n) is 11.4. The fourth-order valence-corrected chi connectivity index (χ4v) is 5.79. The lowest BCUT2D eigenvalue weighted by Crippen LogP contribution is -3.00. The van der Waals surface area contributed by atoms with E-state index in [1.54, 1.807) is 33.4 Å². The minimum absolute atomic E-state index is 0. The lowest BCUT2D eigenvalue weighted by atomic mass is 10.0. The van der Waals surface area contributed by atoms with E-state index in [-0.39, 0.29) is 12.4 Å². The Hall–Kier alpha value is -6.65. The highest BCUT2D eigenvalue weighted by atomic mass is 35.5. The Labute approximate surface area is 300 Å². The van der Waals surface area contributed by atoms with Crippen LogP contribution >= 0.6 is 0 Å². The van der Waals surface area contributed by atoms with Crippen LogP contribution in [0.15, 0.2) is 158 Å². The van der Waals surface area contributed by atoms with Crippen molar-refractivity contribution in [2.75, 3.05) is 14.2 Å². The fraction of sp³-hybridized carbons (Fsp3) is 0.0500. The molecule has 0 amide bonds. The minimum Gasteiger partial charge on any atom is -1.00 e. The number of tetrazole rings is 2. The Morgan fingerprint density at radius 1 is 0.431 bits per heavy atom. The van der Waals surface area contributed by atoms with Gasteiger partial charge in [0.05, 0.1) is 35.5 Å². The maximum atomic E-state index is 5.97. The fourth-order valence-electron chi connectivity index (χ4n) is 5.79. The van der Waals surface area contributed by atoms with Crippen LogP contribution in [0.2, 0.25) is 0 Å². The maximum absolute atomic E-state index is 5.97. The molecule has 250 valence electrons. The number of benzene rings is 6. The molecular formula is C40H32ClN8O2+. The van der Waals surface area contributed by atoms with E-state index in [1.807, 2.05) is 158 Å². The molecule has 0 aliphatic heterocycles. The van der Waals surface area contributed by atoms with Gasteiger partial charge in [-0.3, -0.25) is 0 Å². The molecule has 0 saturated heterocycles. The lowest BCUT2D eigenvalue weighted by molar-refractivity contribution is -0.734. The Kier molecular flexibility index (Phi) is 9.32. The molecule has 0 aliphatic carbocycles. The molecule has 0 unspecified atom stereocenters. The van der Waals surface area contributed by atoms with Gasteiger partial charge in [-0.2, -0.15) is 0 Å². The molecule has 11 heteroatoms. The van der Waals surface area contributed by atoms with E-state index in [0.717, 1.165) is 45.0 Å². The van der Waals surface area contributed by atoms with Crippen molar-refractivity contribution in [3.05, 3.63) is 158 Å². The predicted molar refractivity (Wildman–Crippen MR) is 189 cm³/mol. The van der Waals surface area contributed by atoms with Crippen LogP contribution in [-0.2, 0) is 0 Å². The summed E-state index contributed by atoms with van der Waals surface area (Å²) < 4.78 is 11.9. The minimum atomic E-state index is 0. The number of methoxy groups -OCH3 is 2. The highest BCUT2D eigenvalue weighted by molar-refractivity contribution is 5.71. The molecule has 8 rings (SSSR count). The molecule has 0 aliphatic rings. The Morgan fingerprint density at radius 3 is 1.14 bits per heavy atom. The van der Waals surface area contributed by atoms with E-state index in [0.29, 0.717) is 23.1 Å². The van der Waals surface area contributed by atoms with Gasteiger partial charge in [-0.25, -0.2) is 0 Å². The smallest absolute Gasteiger partial charge is 0.340 e. The molecule has 51 heavy (non-hydrogen) atoms. The second kappa shape index (κ2) is 14.5. The van der Waals surface area contributed by atoms with E-state index in [1.165, 1.54) is 0 Å². The van der Waals surface area contributed by atoms with Gasteiger partial charge in [0.1, 0.15) is 0 Å². The van der Waals surface area contributed by atoms with Crippen LogP contribution in [0.3, 0.4) is 0 Å². The molecule has 0 bridgehead atoms. The van der Waals surface area contributed by atoms with Crippen LogP contribution < -0.4 is 31.5 Å². The average Bonchev–Trinajstić information content (AvgIpc) is 3.85. The summed E-state index contributed by atoms with van der Waals surface area (Å²) in [6, 6.07) is 51.7. The Bertz CT molecular complexity index is 2230. The zero-order chi connectivity index (χ0) is 33.9. The maximum Gasteiger partial charge on any atom is 0.340 e. The van der Waals surface area contributed by atoms with Crippen molar-refractivity contribution < 1.29 is 31.5 Å². The Balaban J connectivity index is 0.00000406. The summed E-state index contributed by atoms with van der Waals surface area (Å²) in [5.74, 6) is 2.45. The van der Waals surface area contributed by atoms with Crippen LogP contribution in [0.25, 0.3) is 56.7 Å². The van der Waals surface area contributed by atoms with Crippen molar-refractivity contribution in [1.82, 2.24) is 30.0 Å². The summed E-state index contributed by atoms with van der Waals surface area (Å²) in [6.07, 6.45) is 0. The average molecular weight is 692 g/mol. The van der Waals surface area contributed by atoms with Crippen LogP contribution in [0.5, 0.6) is 11.5 Å². The van der Waals surface area contributed by atoms with E-state index in [4.69, 9.17) is 29.9 Å². The first-order valence-corrected chi connectivity index (χ1v) is 16.1. The summed E-state index contributed by atoms with van der Waals surface area (Å²) in [5.41, 5.74) is 6.90. The van der Waals surface area contributed by atoms with Crippen molar-refractivity contribution >= 4 is 0 Å². The molecule has 2 aromatic heterocycles. The van der Waals surface area contributed by atoms with Gasteiger partial charge in [0.2, 0.25) is 0 Å². The van der Waals surface area contributed by atoms with Crippen molar-refractivity contribution in [3.8, 4) is 68.2 Å². The van der Waals surface area contributed by atoms with Crippen molar-refractivity contribution in [3.63, 3.8) is 0 Å². The van der Waals surface area contributed by atoms with E-state index < -0.39 is 0 Å². The van der Waals surface area contributed by atoms with E-state index in [9.17, 15) is 0 Å². The number of aromatic nitrogens is 8. The normalized spacial score (nSPS) is 10.8. The van der Waals surface area contributed by atoms with Gasteiger partial charge in [-0.15, -0.1) is 0 Å². The van der Waals surface area contributed by atoms with Gasteiger partial charge in [0.15, 0.2) is 34.2 Å². The van der Waals surface area contributed by atoms with Gasteiger partial charge in [0.25, 0.3) is 0 Å². The standard InChI is InChI=1S/C40H32N8O2.ClH/c1-49-37-27-31(23-25-35(37)47-43-39(29-15-7-3-8-16-29)41-45(47)33-19-11-5-12-20-33)32-24-26-36(38(28-32)50-2)48-44-40(30-17-9-4-10-18-30)42-46(48)34-21-13-6-14-22-34;/h3-28H,1-2H3;1H/q+2;/p-1. The highest BCUT2D eigenvalue weighted by Gasteiger charge is 2.28. The summed E-state index contributed by atoms with van der Waals surface area (Å²) >= 11 is 0. The van der Waals surface area contributed by atoms with Gasteiger partial charge < -0.3 is 21.9 Å². The Morgan fingerprint density at radius 2 is 0.784 bits per heavy atom. The van der Waals surface area contributed by atoms with E-state index >= 15 is 0 Å². The number of ether oxygens (including phenoxy) is 2. The molecule has 8 aromatic rings. The summed E-state index contributed by atoms with van der Waals surface area (Å²) in [7, 11) is 3.32. The molecular weight excluding hydrogens is 660 g/mol. The monoisotopic (exact) mass is 691 g/mol. The van der Waals surface area contributed by atoms with Gasteiger partial charge in [-0.05, 0) is 104 Å². The van der Waals surface area contributed by atoms with Crippen LogP contribution in [0.1, 0.15) is 0 Å². The van der Waals surface area contributed by atoms with E-state index in [2.05, 4.69) is 0 Å². The molecule has 0 spiro atoms. The third kappa shape index (κ3) is 6.43. The third-order valence-electron chi connectivity index (χ3n) is 8.28. The molecule has 0 N–H and O–H groups in total. The van der Waals surface area contributed by atoms with Crippen molar-refractivity contribution in [1.29, 1.82) is 0 Å². The SMILES string of the molecule is COc1cc(-c2ccc(-n3nc(-c4ccccc4)n[n+]3-c3ccccc3)c(OC)c2)ccc1-n1nc(-c2ccccc2)n[n+]1-c1ccccc1.[Cl-]. The number of para-hydroxylation sites is 2. The first-order valence-electron chi connectivity index (χ1n) is 16.1. The molecule has 2 heterocycles. The van der Waals surface area contributed by atoms with Gasteiger partial charge in [-0.1, -0.05) is 84.9 Å². The zero-order valence-corrected chi connectivity index (χ0v) is 28.5. The number of hydrogen-bond donors (Lipinski definition) is 0. The molecule has 10 nitrogen and oxygen atoms in total. The molecule has 0 fully saturated rings. The summed E-state index contributed by atoms with van der Waals surface area (Å²) in [4.78, 5) is 7.09. The first-order chi connectivity index (χ1) is 24.7. The number of nitrogens with zero attached hydrogens (tertiary/aromatic N) is 8. The predicted octanol–water partition coefficient (Wildman–Crippen LogP) is 3.42. The molecule has 0 saturated carbocycles. The molecule has 6 aromatic carbocycles. The van der Waals surface area contributed by atoms with Crippen molar-refractivity contribution in [2.45, 2.75) is 0 Å². The third-order valence-corrected chi connectivity index (χ3v) is 8.28. The number of hydrogen-bond acceptors (Lipinski definition) is 6. The largest absolute Gasteiger partial charge is 1.00 e. The summed E-state index contributed by atoms with van der Waals surface area (Å²) in [6.45, 7) is 0. The number of rotatable bonds is 9. The molecule has 0 radical (unpaired) electrons. The number of halogens is 1. The van der Waals surface area contributed by atoms with Crippen LogP contribution in [-0.4, -0.2) is 44.2 Å². The first kappa shape index (κ1) is 32.9. The summed E-state index contributed by atoms with van der Waals surface area (Å²) in [5, 5.41) is 19.6. The van der Waals surface area contributed by atoms with Crippen LogP contribution in [0, 0.1) is 0 Å². The highest BCUT2D eigenvalue weighted by Crippen LogP contribution is 2.33. The van der Waals surface area contributed by atoms with Gasteiger partial charge in [0, 0.05) is 9.59 Å². The quantitative estimate of drug-likeness (QED) is 0.216. The topological polar surface area (TPSA) is 87.6 Å². The molecule has 0 atom stereocenters. The zero-order valence-electron chi connectivity index (χ0n) is 27.8.